The molecule has 0 spiro atoms. The van der Waals surface area contributed by atoms with Crippen LogP contribution in [0.1, 0.15) is 22.8 Å². The van der Waals surface area contributed by atoms with E-state index in [1.165, 1.54) is 14.2 Å². The molecule has 1 unspecified atom stereocenters. The Hall–Kier alpha value is -2.70. The Morgan fingerprint density at radius 3 is 2.11 bits per heavy atom. The second-order valence-electron chi connectivity index (χ2n) is 6.38. The summed E-state index contributed by atoms with van der Waals surface area (Å²) in [5, 5.41) is 0. The molecule has 2 aromatic carbocycles. The van der Waals surface area contributed by atoms with Crippen LogP contribution >= 0.6 is 0 Å². The molecule has 142 valence electrons. The number of hydrogen-bond donors (Lipinski definition) is 0. The highest BCUT2D eigenvalue weighted by Gasteiger charge is 2.63. The number of carbonyl (C=O) groups is 2. The van der Waals surface area contributed by atoms with Crippen molar-refractivity contribution in [1.29, 1.82) is 0 Å². The molecule has 0 aliphatic carbocycles. The average molecular weight is 370 g/mol. The number of aryl methyl sites for hydroxylation is 1. The normalized spacial score (nSPS) is 20.9. The van der Waals surface area contributed by atoms with Crippen molar-refractivity contribution in [2.45, 2.75) is 31.3 Å². The van der Waals surface area contributed by atoms with Crippen LogP contribution in [-0.2, 0) is 35.0 Å². The largest absolute Gasteiger partial charge is 0.466 e. The summed E-state index contributed by atoms with van der Waals surface area (Å²) in [5.41, 5.74) is 0.612. The number of methoxy groups -OCH3 is 2. The quantitative estimate of drug-likeness (QED) is 0.595. The molecule has 0 saturated carbocycles. The van der Waals surface area contributed by atoms with Crippen LogP contribution in [-0.4, -0.2) is 38.0 Å². The number of rotatable bonds is 5. The lowest BCUT2D eigenvalue weighted by Gasteiger charge is -2.27. The summed E-state index contributed by atoms with van der Waals surface area (Å²) < 4.78 is 21.7. The molecule has 0 aromatic heterocycles. The first-order chi connectivity index (χ1) is 13.0. The molecule has 3 rings (SSSR count). The molecule has 0 bridgehead atoms. The predicted octanol–water partition coefficient (Wildman–Crippen LogP) is 2.74. The Balaban J connectivity index is 2.01. The highest BCUT2D eigenvalue weighted by molar-refractivity contribution is 6.05. The van der Waals surface area contributed by atoms with Crippen LogP contribution < -0.4 is 0 Å². The van der Waals surface area contributed by atoms with Crippen molar-refractivity contribution in [2.24, 2.45) is 0 Å². The number of benzene rings is 2. The van der Waals surface area contributed by atoms with Crippen LogP contribution in [0, 0.1) is 6.92 Å². The molecular weight excluding hydrogens is 348 g/mol. The van der Waals surface area contributed by atoms with Gasteiger partial charge in [0.1, 0.15) is 6.10 Å². The second kappa shape index (κ2) is 7.90. The van der Waals surface area contributed by atoms with Crippen molar-refractivity contribution in [1.82, 2.24) is 0 Å². The van der Waals surface area contributed by atoms with Gasteiger partial charge in [-0.3, -0.25) is 0 Å². The summed E-state index contributed by atoms with van der Waals surface area (Å²) in [7, 11) is 2.40. The van der Waals surface area contributed by atoms with Gasteiger partial charge in [0.2, 0.25) is 0 Å². The molecule has 1 aliphatic rings. The minimum atomic E-state index is -2.02. The van der Waals surface area contributed by atoms with E-state index in [0.717, 1.165) is 11.1 Å². The third-order valence-electron chi connectivity index (χ3n) is 4.58. The third kappa shape index (κ3) is 3.59. The molecule has 1 aliphatic heterocycles. The van der Waals surface area contributed by atoms with Gasteiger partial charge in [0, 0.05) is 6.42 Å². The molecule has 0 amide bonds. The third-order valence-corrected chi connectivity index (χ3v) is 4.58. The van der Waals surface area contributed by atoms with E-state index in [9.17, 15) is 9.59 Å². The lowest BCUT2D eigenvalue weighted by atomic mass is 9.90. The molecule has 2 atom stereocenters. The molecule has 6 nitrogen and oxygen atoms in total. The monoisotopic (exact) mass is 370 g/mol. The smallest absolute Gasteiger partial charge is 0.353 e. The van der Waals surface area contributed by atoms with Gasteiger partial charge in [-0.25, -0.2) is 9.59 Å². The lowest BCUT2D eigenvalue weighted by Crippen LogP contribution is -2.52. The SMILES string of the molecule is COC(=O)C1(C(=O)OC)OC(Cc2ccccc2)O[C@H]1c1ccc(C)cc1. The molecule has 6 heteroatoms. The first-order valence-electron chi connectivity index (χ1n) is 8.62. The maximum absolute atomic E-state index is 12.7. The van der Waals surface area contributed by atoms with Crippen molar-refractivity contribution in [2.75, 3.05) is 14.2 Å². The Kier molecular flexibility index (Phi) is 5.58. The van der Waals surface area contributed by atoms with E-state index in [4.69, 9.17) is 18.9 Å². The zero-order valence-corrected chi connectivity index (χ0v) is 15.5. The van der Waals surface area contributed by atoms with Crippen molar-refractivity contribution in [3.05, 3.63) is 71.3 Å². The molecule has 2 aromatic rings. The van der Waals surface area contributed by atoms with Crippen LogP contribution in [0.15, 0.2) is 54.6 Å². The van der Waals surface area contributed by atoms with Crippen molar-refractivity contribution in [3.8, 4) is 0 Å². The van der Waals surface area contributed by atoms with E-state index in [-0.39, 0.29) is 0 Å². The number of hydrogen-bond acceptors (Lipinski definition) is 6. The fraction of sp³-hybridized carbons (Fsp3) is 0.333. The van der Waals surface area contributed by atoms with Gasteiger partial charge in [-0.15, -0.1) is 0 Å². The van der Waals surface area contributed by atoms with Crippen molar-refractivity contribution < 1.29 is 28.5 Å². The summed E-state index contributed by atoms with van der Waals surface area (Å²) in [5.74, 6) is -1.70. The molecule has 27 heavy (non-hydrogen) atoms. The van der Waals surface area contributed by atoms with Gasteiger partial charge >= 0.3 is 11.9 Å². The Labute approximate surface area is 158 Å². The molecule has 0 radical (unpaired) electrons. The van der Waals surface area contributed by atoms with E-state index >= 15 is 0 Å². The Bertz CT molecular complexity index is 783. The van der Waals surface area contributed by atoms with Crippen LogP contribution in [0.3, 0.4) is 0 Å². The van der Waals surface area contributed by atoms with Crippen molar-refractivity contribution in [3.63, 3.8) is 0 Å². The topological polar surface area (TPSA) is 71.1 Å². The minimum absolute atomic E-state index is 0.374. The first kappa shape index (κ1) is 19.1. The van der Waals surface area contributed by atoms with Gasteiger partial charge in [-0.05, 0) is 18.1 Å². The summed E-state index contributed by atoms with van der Waals surface area (Å²) >= 11 is 0. The maximum Gasteiger partial charge on any atom is 0.353 e. The van der Waals surface area contributed by atoms with E-state index in [2.05, 4.69) is 0 Å². The standard InChI is InChI=1S/C21H22O6/c1-14-9-11-16(12-10-14)18-21(19(22)24-2,20(23)25-3)27-17(26-18)13-15-7-5-4-6-8-15/h4-12,17-18H,13H2,1-3H3/t17?,18-/m0/s1. The van der Waals surface area contributed by atoms with E-state index in [1.807, 2.05) is 49.4 Å². The predicted molar refractivity (Wildman–Crippen MR) is 96.8 cm³/mol. The van der Waals surface area contributed by atoms with Gasteiger partial charge < -0.3 is 18.9 Å². The maximum atomic E-state index is 12.7. The highest BCUT2D eigenvalue weighted by atomic mass is 16.8. The summed E-state index contributed by atoms with van der Waals surface area (Å²) in [6, 6.07) is 16.9. The van der Waals surface area contributed by atoms with Crippen LogP contribution in [0.4, 0.5) is 0 Å². The average Bonchev–Trinajstić information content (AvgIpc) is 3.08. The van der Waals surface area contributed by atoms with Gasteiger partial charge in [0.05, 0.1) is 14.2 Å². The van der Waals surface area contributed by atoms with Crippen LogP contribution in [0.5, 0.6) is 0 Å². The number of esters is 2. The number of ether oxygens (including phenoxy) is 4. The summed E-state index contributed by atoms with van der Waals surface area (Å²) in [4.78, 5) is 25.3. The van der Waals surface area contributed by atoms with Gasteiger partial charge in [-0.1, -0.05) is 60.2 Å². The fourth-order valence-electron chi connectivity index (χ4n) is 3.19. The van der Waals surface area contributed by atoms with Crippen LogP contribution in [0.25, 0.3) is 0 Å². The van der Waals surface area contributed by atoms with E-state index in [1.54, 1.807) is 12.1 Å². The fourth-order valence-corrected chi connectivity index (χ4v) is 3.19. The highest BCUT2D eigenvalue weighted by Crippen LogP contribution is 2.43. The first-order valence-corrected chi connectivity index (χ1v) is 8.62. The molecule has 0 N–H and O–H groups in total. The van der Waals surface area contributed by atoms with Gasteiger partial charge in [0.25, 0.3) is 5.60 Å². The molecular formula is C21H22O6. The molecule has 1 saturated heterocycles. The minimum Gasteiger partial charge on any atom is -0.466 e. The summed E-state index contributed by atoms with van der Waals surface area (Å²) in [6.07, 6.45) is -1.41. The Morgan fingerprint density at radius 1 is 0.963 bits per heavy atom. The lowest BCUT2D eigenvalue weighted by molar-refractivity contribution is -0.187. The zero-order chi connectivity index (χ0) is 19.4. The van der Waals surface area contributed by atoms with Gasteiger partial charge in [0.15, 0.2) is 6.29 Å². The number of carbonyl (C=O) groups excluding carboxylic acids is 2. The summed E-state index contributed by atoms with van der Waals surface area (Å²) in [6.45, 7) is 1.95. The van der Waals surface area contributed by atoms with Gasteiger partial charge in [-0.2, -0.15) is 0 Å². The molecule has 1 heterocycles. The zero-order valence-electron chi connectivity index (χ0n) is 15.5. The Morgan fingerprint density at radius 2 is 1.56 bits per heavy atom. The van der Waals surface area contributed by atoms with E-state index in [0.29, 0.717) is 12.0 Å². The second-order valence-corrected chi connectivity index (χ2v) is 6.38. The van der Waals surface area contributed by atoms with Crippen molar-refractivity contribution >= 4 is 11.9 Å². The van der Waals surface area contributed by atoms with E-state index < -0.39 is 29.9 Å². The molecule has 1 fully saturated rings. The van der Waals surface area contributed by atoms with Crippen LogP contribution in [0.2, 0.25) is 0 Å².